The van der Waals surface area contributed by atoms with Gasteiger partial charge in [-0.25, -0.2) is 0 Å². The predicted molar refractivity (Wildman–Crippen MR) is 178 cm³/mol. The Labute approximate surface area is 244 Å². The van der Waals surface area contributed by atoms with E-state index in [0.29, 0.717) is 0 Å². The minimum atomic E-state index is 1.09. The van der Waals surface area contributed by atoms with Crippen LogP contribution in [-0.2, 0) is 6.42 Å². The Morgan fingerprint density at radius 3 is 2.12 bits per heavy atom. The van der Waals surface area contributed by atoms with E-state index in [4.69, 9.17) is 0 Å². The lowest BCUT2D eigenvalue weighted by Gasteiger charge is -2.10. The van der Waals surface area contributed by atoms with Crippen molar-refractivity contribution in [2.45, 2.75) is 12.8 Å². The van der Waals surface area contributed by atoms with Crippen molar-refractivity contribution in [1.29, 1.82) is 0 Å². The lowest BCUT2D eigenvalue weighted by molar-refractivity contribution is 0.951. The molecular formula is C40H28N2. The number of fused-ring (bicyclic) bond motifs is 7. The largest absolute Gasteiger partial charge is 0.358 e. The van der Waals surface area contributed by atoms with Crippen molar-refractivity contribution >= 4 is 49.6 Å². The Balaban J connectivity index is 1.16. The zero-order valence-corrected chi connectivity index (χ0v) is 23.1. The summed E-state index contributed by atoms with van der Waals surface area (Å²) in [5.74, 6) is 0. The molecule has 2 aromatic heterocycles. The number of hydrogen-bond acceptors (Lipinski definition) is 0. The molecule has 42 heavy (non-hydrogen) atoms. The number of para-hydroxylation sites is 1. The summed E-state index contributed by atoms with van der Waals surface area (Å²) in [5, 5.41) is 6.40. The van der Waals surface area contributed by atoms with Gasteiger partial charge in [0.2, 0.25) is 0 Å². The van der Waals surface area contributed by atoms with Gasteiger partial charge in [-0.05, 0) is 94.4 Å². The first-order valence-electron chi connectivity index (χ1n) is 14.7. The van der Waals surface area contributed by atoms with Crippen molar-refractivity contribution in [3.63, 3.8) is 0 Å². The van der Waals surface area contributed by atoms with Gasteiger partial charge in [-0.15, -0.1) is 0 Å². The summed E-state index contributed by atoms with van der Waals surface area (Å²) in [4.78, 5) is 3.64. The summed E-state index contributed by atoms with van der Waals surface area (Å²) in [7, 11) is 0. The Kier molecular flexibility index (Phi) is 5.06. The lowest BCUT2D eigenvalue weighted by Crippen LogP contribution is -1.93. The Bertz CT molecular complexity index is 2340. The van der Waals surface area contributed by atoms with E-state index in [2.05, 4.69) is 149 Å². The maximum Gasteiger partial charge on any atom is 0.0541 e. The van der Waals surface area contributed by atoms with Gasteiger partial charge in [0.05, 0.1) is 11.0 Å². The maximum absolute atomic E-state index is 3.64. The molecule has 8 aromatic rings. The summed E-state index contributed by atoms with van der Waals surface area (Å²) < 4.78 is 2.40. The number of aromatic amines is 1. The minimum Gasteiger partial charge on any atom is -0.358 e. The molecule has 0 spiro atoms. The Morgan fingerprint density at radius 2 is 1.21 bits per heavy atom. The maximum atomic E-state index is 3.64. The van der Waals surface area contributed by atoms with Gasteiger partial charge in [-0.2, -0.15) is 0 Å². The van der Waals surface area contributed by atoms with Gasteiger partial charge in [0, 0.05) is 38.6 Å². The smallest absolute Gasteiger partial charge is 0.0541 e. The quantitative estimate of drug-likeness (QED) is 0.232. The number of allylic oxidation sites excluding steroid dienone is 1. The number of benzene rings is 6. The van der Waals surface area contributed by atoms with Gasteiger partial charge in [-0.3, -0.25) is 0 Å². The third kappa shape index (κ3) is 3.59. The molecule has 0 amide bonds. The molecule has 0 saturated heterocycles. The average molecular weight is 537 g/mol. The fourth-order valence-electron chi connectivity index (χ4n) is 6.87. The number of H-pyrrole nitrogens is 1. The molecule has 1 aliphatic rings. The number of nitrogens with one attached hydrogen (secondary N) is 1. The van der Waals surface area contributed by atoms with Crippen LogP contribution in [0.5, 0.6) is 0 Å². The first-order valence-corrected chi connectivity index (χ1v) is 14.7. The standard InChI is InChI=1S/C40H28N2/c1-2-8-28-23-29(14-13-26(28)7-1)27-15-19-32(20-16-27)42-39-12-6-4-10-34(39)36-25-31(18-22-40(36)42)30-17-21-38-35(24-30)33-9-3-5-11-37(33)41-38/h1-4,6-10,12-25,41H,5,11H2. The average Bonchev–Trinajstić information content (AvgIpc) is 3.59. The van der Waals surface area contributed by atoms with Crippen molar-refractivity contribution in [3.8, 4) is 27.9 Å². The molecule has 0 bridgehead atoms. The summed E-state index contributed by atoms with van der Waals surface area (Å²) in [5.41, 5.74) is 12.5. The number of aromatic nitrogens is 2. The third-order valence-corrected chi connectivity index (χ3v) is 8.98. The van der Waals surface area contributed by atoms with Gasteiger partial charge in [0.15, 0.2) is 0 Å². The number of rotatable bonds is 3. The van der Waals surface area contributed by atoms with E-state index in [1.165, 1.54) is 82.7 Å². The van der Waals surface area contributed by atoms with Crippen LogP contribution in [-0.4, -0.2) is 9.55 Å². The lowest BCUT2D eigenvalue weighted by atomic mass is 9.98. The third-order valence-electron chi connectivity index (χ3n) is 8.98. The molecule has 0 unspecified atom stereocenters. The van der Waals surface area contributed by atoms with E-state index < -0.39 is 0 Å². The van der Waals surface area contributed by atoms with Gasteiger partial charge in [0.1, 0.15) is 0 Å². The fourth-order valence-corrected chi connectivity index (χ4v) is 6.87. The molecule has 2 nitrogen and oxygen atoms in total. The molecule has 1 N–H and O–H groups in total. The SMILES string of the molecule is C1=Cc2c([nH]c3ccc(-c4ccc5c(c4)c4ccccc4n5-c4ccc(-c5ccc6ccccc6c5)cc4)cc23)CC1. The fraction of sp³-hybridized carbons (Fsp3) is 0.0500. The second-order valence-corrected chi connectivity index (χ2v) is 11.4. The van der Waals surface area contributed by atoms with E-state index in [9.17, 15) is 0 Å². The zero-order chi connectivity index (χ0) is 27.6. The molecule has 9 rings (SSSR count). The molecule has 1 aliphatic carbocycles. The Morgan fingerprint density at radius 1 is 0.524 bits per heavy atom. The van der Waals surface area contributed by atoms with Crippen LogP contribution in [0.15, 0.2) is 133 Å². The molecule has 2 heterocycles. The highest BCUT2D eigenvalue weighted by Crippen LogP contribution is 2.37. The highest BCUT2D eigenvalue weighted by molar-refractivity contribution is 6.10. The highest BCUT2D eigenvalue weighted by atomic mass is 15.0. The first-order chi connectivity index (χ1) is 20.8. The number of hydrogen-bond donors (Lipinski definition) is 1. The molecule has 0 radical (unpaired) electrons. The van der Waals surface area contributed by atoms with E-state index in [1.54, 1.807) is 0 Å². The number of aryl methyl sites for hydroxylation is 1. The minimum absolute atomic E-state index is 1.09. The van der Waals surface area contributed by atoms with Crippen LogP contribution in [0.4, 0.5) is 0 Å². The topological polar surface area (TPSA) is 20.7 Å². The molecule has 2 heteroatoms. The van der Waals surface area contributed by atoms with Crippen molar-refractivity contribution in [3.05, 3.63) is 145 Å². The summed E-state index contributed by atoms with van der Waals surface area (Å²) in [6.07, 6.45) is 6.77. The van der Waals surface area contributed by atoms with E-state index in [0.717, 1.165) is 12.8 Å². The molecular weight excluding hydrogens is 508 g/mol. The van der Waals surface area contributed by atoms with Crippen LogP contribution in [0.3, 0.4) is 0 Å². The summed E-state index contributed by atoms with van der Waals surface area (Å²) >= 11 is 0. The van der Waals surface area contributed by atoms with E-state index >= 15 is 0 Å². The van der Waals surface area contributed by atoms with E-state index in [-0.39, 0.29) is 0 Å². The second-order valence-electron chi connectivity index (χ2n) is 11.4. The summed E-state index contributed by atoms with van der Waals surface area (Å²) in [6, 6.07) is 46.8. The molecule has 0 atom stereocenters. The Hall–Kier alpha value is -5.34. The van der Waals surface area contributed by atoms with Crippen molar-refractivity contribution < 1.29 is 0 Å². The highest BCUT2D eigenvalue weighted by Gasteiger charge is 2.15. The summed E-state index contributed by atoms with van der Waals surface area (Å²) in [6.45, 7) is 0. The van der Waals surface area contributed by atoms with Crippen molar-refractivity contribution in [2.24, 2.45) is 0 Å². The normalized spacial score (nSPS) is 13.0. The number of nitrogens with zero attached hydrogens (tertiary/aromatic N) is 1. The van der Waals surface area contributed by atoms with Crippen molar-refractivity contribution in [2.75, 3.05) is 0 Å². The molecule has 0 aliphatic heterocycles. The van der Waals surface area contributed by atoms with Crippen molar-refractivity contribution in [1.82, 2.24) is 9.55 Å². The van der Waals surface area contributed by atoms with Gasteiger partial charge >= 0.3 is 0 Å². The monoisotopic (exact) mass is 536 g/mol. The predicted octanol–water partition coefficient (Wildman–Crippen LogP) is 10.7. The molecule has 198 valence electrons. The van der Waals surface area contributed by atoms with Crippen LogP contribution in [0.2, 0.25) is 0 Å². The second kappa shape index (κ2) is 9.09. The van der Waals surface area contributed by atoms with Crippen LogP contribution in [0, 0.1) is 0 Å². The van der Waals surface area contributed by atoms with Crippen LogP contribution >= 0.6 is 0 Å². The van der Waals surface area contributed by atoms with Gasteiger partial charge in [0.25, 0.3) is 0 Å². The molecule has 6 aromatic carbocycles. The molecule has 0 fully saturated rings. The van der Waals surface area contributed by atoms with Crippen LogP contribution in [0.1, 0.15) is 17.7 Å². The van der Waals surface area contributed by atoms with Crippen LogP contribution < -0.4 is 0 Å². The molecule has 0 saturated carbocycles. The van der Waals surface area contributed by atoms with Crippen LogP contribution in [0.25, 0.3) is 77.5 Å². The first kappa shape index (κ1) is 23.4. The van der Waals surface area contributed by atoms with Gasteiger partial charge < -0.3 is 9.55 Å². The van der Waals surface area contributed by atoms with Gasteiger partial charge in [-0.1, -0.05) is 91.0 Å². The zero-order valence-electron chi connectivity index (χ0n) is 23.1. The van der Waals surface area contributed by atoms with E-state index in [1.807, 2.05) is 0 Å².